The van der Waals surface area contributed by atoms with Crippen molar-refractivity contribution in [2.45, 2.75) is 6.42 Å². The number of halogens is 2. The van der Waals surface area contributed by atoms with Crippen LogP contribution in [0.1, 0.15) is 5.69 Å². The molecule has 5 heteroatoms. The Labute approximate surface area is 99.2 Å². The number of carboxylic acid groups (broad SMARTS) is 1. The molecule has 3 nitrogen and oxygen atoms in total. The normalized spacial score (nSPS) is 10.8. The lowest BCUT2D eigenvalue weighted by molar-refractivity contribution is -0.136. The fraction of sp³-hybridized carbons (Fsp3) is 0.100. The van der Waals surface area contributed by atoms with Gasteiger partial charge in [-0.05, 0) is 34.1 Å². The van der Waals surface area contributed by atoms with E-state index >= 15 is 0 Å². The summed E-state index contributed by atoms with van der Waals surface area (Å²) in [7, 11) is 0. The monoisotopic (exact) mass is 287 g/mol. The molecule has 2 aromatic rings. The molecule has 0 bridgehead atoms. The second kappa shape index (κ2) is 3.87. The molecule has 15 heavy (non-hydrogen) atoms. The summed E-state index contributed by atoms with van der Waals surface area (Å²) in [5, 5.41) is 10.1. The van der Waals surface area contributed by atoms with Gasteiger partial charge < -0.3 is 10.1 Å². The summed E-state index contributed by atoms with van der Waals surface area (Å²) in [5.41, 5.74) is 1.50. The van der Waals surface area contributed by atoms with E-state index in [1.807, 2.05) is 12.1 Å². The molecule has 0 unspecified atom stereocenters. The molecule has 1 aromatic heterocycles. The molecule has 0 aliphatic heterocycles. The summed E-state index contributed by atoms with van der Waals surface area (Å²) in [6.07, 6.45) is -0.0252. The van der Waals surface area contributed by atoms with E-state index < -0.39 is 5.97 Å². The fourth-order valence-corrected chi connectivity index (χ4v) is 2.02. The summed E-state index contributed by atoms with van der Waals surface area (Å²) in [4.78, 5) is 13.5. The third-order valence-electron chi connectivity index (χ3n) is 2.09. The molecule has 2 rings (SSSR count). The SMILES string of the molecule is O=C(O)Cc1cc2c(Cl)c(Br)ccc2[nH]1. The minimum atomic E-state index is -0.864. The zero-order valence-corrected chi connectivity index (χ0v) is 9.89. The Bertz CT molecular complexity index is 535. The van der Waals surface area contributed by atoms with E-state index in [0.717, 1.165) is 15.4 Å². The van der Waals surface area contributed by atoms with Crippen molar-refractivity contribution in [2.75, 3.05) is 0 Å². The van der Waals surface area contributed by atoms with E-state index in [9.17, 15) is 4.79 Å². The fourth-order valence-electron chi connectivity index (χ4n) is 1.46. The van der Waals surface area contributed by atoms with Crippen LogP contribution in [0.5, 0.6) is 0 Å². The van der Waals surface area contributed by atoms with Crippen LogP contribution in [0.15, 0.2) is 22.7 Å². The highest BCUT2D eigenvalue weighted by Gasteiger charge is 2.09. The molecule has 0 atom stereocenters. The van der Waals surface area contributed by atoms with Crippen LogP contribution in [0, 0.1) is 0 Å². The summed E-state index contributed by atoms with van der Waals surface area (Å²) in [5.74, 6) is -0.864. The third-order valence-corrected chi connectivity index (χ3v) is 3.38. The minimum absolute atomic E-state index is 0.0252. The van der Waals surface area contributed by atoms with E-state index in [1.54, 1.807) is 6.07 Å². The molecule has 0 fully saturated rings. The quantitative estimate of drug-likeness (QED) is 0.891. The second-order valence-electron chi connectivity index (χ2n) is 3.19. The lowest BCUT2D eigenvalue weighted by atomic mass is 10.2. The van der Waals surface area contributed by atoms with E-state index in [4.69, 9.17) is 16.7 Å². The number of nitrogens with one attached hydrogen (secondary N) is 1. The molecule has 2 N–H and O–H groups in total. The third kappa shape index (κ3) is 2.01. The number of H-pyrrole nitrogens is 1. The Hall–Kier alpha value is -1.00. The Morgan fingerprint density at radius 3 is 2.93 bits per heavy atom. The first-order chi connectivity index (χ1) is 7.08. The summed E-state index contributed by atoms with van der Waals surface area (Å²) >= 11 is 9.38. The van der Waals surface area contributed by atoms with Crippen molar-refractivity contribution in [3.63, 3.8) is 0 Å². The van der Waals surface area contributed by atoms with Gasteiger partial charge in [0.1, 0.15) is 0 Å². The Morgan fingerprint density at radius 2 is 2.27 bits per heavy atom. The van der Waals surface area contributed by atoms with Gasteiger partial charge in [-0.2, -0.15) is 0 Å². The van der Waals surface area contributed by atoms with Crippen LogP contribution in [0.4, 0.5) is 0 Å². The Balaban J connectivity index is 2.56. The highest BCUT2D eigenvalue weighted by atomic mass is 79.9. The van der Waals surface area contributed by atoms with Gasteiger partial charge in [0.25, 0.3) is 0 Å². The number of aliphatic carboxylic acids is 1. The molecule has 0 amide bonds. The van der Waals surface area contributed by atoms with E-state index in [2.05, 4.69) is 20.9 Å². The minimum Gasteiger partial charge on any atom is -0.481 e. The predicted molar refractivity (Wildman–Crippen MR) is 62.3 cm³/mol. The van der Waals surface area contributed by atoms with E-state index in [0.29, 0.717) is 10.7 Å². The number of hydrogen-bond donors (Lipinski definition) is 2. The standard InChI is InChI=1S/C10H7BrClNO2/c11-7-1-2-8-6(10(7)12)3-5(13-8)4-9(14)15/h1-3,13H,4H2,(H,14,15). The lowest BCUT2D eigenvalue weighted by Gasteiger charge is -1.95. The van der Waals surface area contributed by atoms with Gasteiger partial charge in [-0.15, -0.1) is 0 Å². The van der Waals surface area contributed by atoms with Crippen LogP contribution in [-0.4, -0.2) is 16.1 Å². The van der Waals surface area contributed by atoms with E-state index in [1.165, 1.54) is 0 Å². The molecular formula is C10H7BrClNO2. The zero-order valence-electron chi connectivity index (χ0n) is 7.55. The number of fused-ring (bicyclic) bond motifs is 1. The molecule has 0 spiro atoms. The van der Waals surface area contributed by atoms with Gasteiger partial charge >= 0.3 is 5.97 Å². The molecular weight excluding hydrogens is 281 g/mol. The molecule has 0 saturated heterocycles. The Kier molecular flexibility index (Phi) is 2.71. The van der Waals surface area contributed by atoms with Gasteiger partial charge in [0.05, 0.1) is 11.4 Å². The highest BCUT2D eigenvalue weighted by molar-refractivity contribution is 9.10. The largest absolute Gasteiger partial charge is 0.481 e. The van der Waals surface area contributed by atoms with Gasteiger partial charge in [0, 0.05) is 21.1 Å². The maximum atomic E-state index is 10.5. The number of aromatic nitrogens is 1. The maximum Gasteiger partial charge on any atom is 0.309 e. The highest BCUT2D eigenvalue weighted by Crippen LogP contribution is 2.31. The molecule has 1 aromatic carbocycles. The molecule has 1 heterocycles. The number of carbonyl (C=O) groups is 1. The van der Waals surface area contributed by atoms with Gasteiger partial charge in [0.2, 0.25) is 0 Å². The smallest absolute Gasteiger partial charge is 0.309 e. The van der Waals surface area contributed by atoms with Crippen molar-refractivity contribution in [1.82, 2.24) is 4.98 Å². The average molecular weight is 289 g/mol. The second-order valence-corrected chi connectivity index (χ2v) is 4.42. The molecule has 0 saturated carbocycles. The molecule has 0 aliphatic rings. The van der Waals surface area contributed by atoms with Gasteiger partial charge in [-0.1, -0.05) is 11.6 Å². The molecule has 0 radical (unpaired) electrons. The lowest BCUT2D eigenvalue weighted by Crippen LogP contribution is -1.99. The average Bonchev–Trinajstić information content (AvgIpc) is 2.54. The van der Waals surface area contributed by atoms with Crippen LogP contribution >= 0.6 is 27.5 Å². The molecule has 0 aliphatic carbocycles. The number of benzene rings is 1. The van der Waals surface area contributed by atoms with Crippen molar-refractivity contribution < 1.29 is 9.90 Å². The predicted octanol–water partition coefficient (Wildman–Crippen LogP) is 3.21. The number of rotatable bonds is 2. The van der Waals surface area contributed by atoms with Crippen molar-refractivity contribution in [3.05, 3.63) is 33.4 Å². The van der Waals surface area contributed by atoms with Crippen LogP contribution in [0.3, 0.4) is 0 Å². The summed E-state index contributed by atoms with van der Waals surface area (Å²) in [6.45, 7) is 0. The first-order valence-electron chi connectivity index (χ1n) is 4.25. The van der Waals surface area contributed by atoms with Gasteiger partial charge in [-0.3, -0.25) is 4.79 Å². The number of aromatic amines is 1. The van der Waals surface area contributed by atoms with E-state index in [-0.39, 0.29) is 6.42 Å². The maximum absolute atomic E-state index is 10.5. The summed E-state index contributed by atoms with van der Waals surface area (Å²) < 4.78 is 0.803. The number of carboxylic acids is 1. The van der Waals surface area contributed by atoms with Crippen LogP contribution in [-0.2, 0) is 11.2 Å². The van der Waals surface area contributed by atoms with Gasteiger partial charge in [0.15, 0.2) is 0 Å². The molecule has 78 valence electrons. The van der Waals surface area contributed by atoms with Crippen molar-refractivity contribution >= 4 is 44.4 Å². The van der Waals surface area contributed by atoms with Crippen molar-refractivity contribution in [3.8, 4) is 0 Å². The first kappa shape index (κ1) is 10.5. The van der Waals surface area contributed by atoms with Crippen molar-refractivity contribution in [1.29, 1.82) is 0 Å². The van der Waals surface area contributed by atoms with Crippen LogP contribution in [0.2, 0.25) is 5.02 Å². The summed E-state index contributed by atoms with van der Waals surface area (Å²) in [6, 6.07) is 5.44. The number of hydrogen-bond acceptors (Lipinski definition) is 1. The zero-order chi connectivity index (χ0) is 11.0. The Morgan fingerprint density at radius 1 is 1.53 bits per heavy atom. The van der Waals surface area contributed by atoms with Gasteiger partial charge in [-0.25, -0.2) is 0 Å². The first-order valence-corrected chi connectivity index (χ1v) is 5.42. The van der Waals surface area contributed by atoms with Crippen molar-refractivity contribution in [2.24, 2.45) is 0 Å². The topological polar surface area (TPSA) is 53.1 Å². The van der Waals surface area contributed by atoms with Crippen LogP contribution in [0.25, 0.3) is 10.9 Å². The van der Waals surface area contributed by atoms with Crippen LogP contribution < -0.4 is 0 Å².